The Morgan fingerprint density at radius 1 is 1.04 bits per heavy atom. The van der Waals surface area contributed by atoms with Gasteiger partial charge in [0.1, 0.15) is 11.3 Å². The van der Waals surface area contributed by atoms with E-state index in [0.29, 0.717) is 28.1 Å². The number of rotatable bonds is 6. The Kier molecular flexibility index (Phi) is 5.13. The van der Waals surface area contributed by atoms with Crippen molar-refractivity contribution in [1.82, 2.24) is 15.4 Å². The molecule has 6 N–H and O–H groups in total. The molecule has 138 valence electrons. The number of hydroxylamine groups is 1. The molecular weight excluding hydrogens is 350 g/mol. The van der Waals surface area contributed by atoms with Crippen molar-refractivity contribution in [3.8, 4) is 11.4 Å². The molecule has 0 spiro atoms. The lowest BCUT2D eigenvalue weighted by Crippen LogP contribution is -2.21. The third kappa shape index (κ3) is 4.10. The predicted octanol–water partition coefficient (Wildman–Crippen LogP) is 1.55. The van der Waals surface area contributed by atoms with Crippen LogP contribution >= 0.6 is 0 Å². The largest absolute Gasteiger partial charge is 0.366 e. The SMILES string of the molecule is NC(=O)c1cccc2[nH]c(-c3ccc(NC(=O)CCC(=O)NO)cc3)nc12. The van der Waals surface area contributed by atoms with E-state index in [-0.39, 0.29) is 18.7 Å². The van der Waals surface area contributed by atoms with E-state index in [1.54, 1.807) is 42.5 Å². The topological polar surface area (TPSA) is 150 Å². The molecule has 0 aliphatic heterocycles. The molecule has 3 aromatic rings. The summed E-state index contributed by atoms with van der Waals surface area (Å²) in [6, 6.07) is 12.1. The molecule has 9 heteroatoms. The van der Waals surface area contributed by atoms with Crippen molar-refractivity contribution in [1.29, 1.82) is 0 Å². The van der Waals surface area contributed by atoms with Crippen molar-refractivity contribution in [3.05, 3.63) is 48.0 Å². The molecule has 0 radical (unpaired) electrons. The second-order valence-electron chi connectivity index (χ2n) is 5.81. The van der Waals surface area contributed by atoms with Crippen molar-refractivity contribution < 1.29 is 19.6 Å². The van der Waals surface area contributed by atoms with Gasteiger partial charge in [-0.2, -0.15) is 0 Å². The fourth-order valence-electron chi connectivity index (χ4n) is 2.59. The number of imidazole rings is 1. The summed E-state index contributed by atoms with van der Waals surface area (Å²) in [7, 11) is 0. The molecule has 3 rings (SSSR count). The number of primary amides is 1. The van der Waals surface area contributed by atoms with Crippen LogP contribution in [0.4, 0.5) is 5.69 Å². The van der Waals surface area contributed by atoms with Gasteiger partial charge in [-0.15, -0.1) is 0 Å². The number of carbonyl (C=O) groups excluding carboxylic acids is 3. The molecule has 0 aliphatic carbocycles. The number of nitrogens with two attached hydrogens (primary N) is 1. The molecule has 27 heavy (non-hydrogen) atoms. The van der Waals surface area contributed by atoms with Gasteiger partial charge in [0, 0.05) is 24.1 Å². The maximum atomic E-state index is 11.8. The van der Waals surface area contributed by atoms with Crippen LogP contribution in [0.2, 0.25) is 0 Å². The Hall–Kier alpha value is -3.72. The summed E-state index contributed by atoms with van der Waals surface area (Å²) in [5, 5.41) is 11.1. The van der Waals surface area contributed by atoms with Crippen molar-refractivity contribution in [2.24, 2.45) is 5.73 Å². The van der Waals surface area contributed by atoms with E-state index in [2.05, 4.69) is 15.3 Å². The zero-order chi connectivity index (χ0) is 19.4. The van der Waals surface area contributed by atoms with Gasteiger partial charge in [0.2, 0.25) is 11.8 Å². The molecule has 9 nitrogen and oxygen atoms in total. The van der Waals surface area contributed by atoms with Crippen molar-refractivity contribution in [2.45, 2.75) is 12.8 Å². The second kappa shape index (κ2) is 7.67. The lowest BCUT2D eigenvalue weighted by molar-refractivity contribution is -0.131. The molecular formula is C18H17N5O4. The number of aromatic amines is 1. The highest BCUT2D eigenvalue weighted by molar-refractivity contribution is 6.04. The minimum Gasteiger partial charge on any atom is -0.366 e. The van der Waals surface area contributed by atoms with Gasteiger partial charge in [0.05, 0.1) is 11.1 Å². The molecule has 0 atom stereocenters. The first-order valence-electron chi connectivity index (χ1n) is 8.09. The number of hydrogen-bond donors (Lipinski definition) is 5. The molecule has 0 aliphatic rings. The van der Waals surface area contributed by atoms with E-state index in [9.17, 15) is 14.4 Å². The first kappa shape index (κ1) is 18.1. The summed E-state index contributed by atoms with van der Waals surface area (Å²) in [5.41, 5.74) is 9.70. The van der Waals surface area contributed by atoms with E-state index in [4.69, 9.17) is 10.9 Å². The number of nitrogens with zero attached hydrogens (tertiary/aromatic N) is 1. The zero-order valence-corrected chi connectivity index (χ0v) is 14.2. The number of anilines is 1. The summed E-state index contributed by atoms with van der Waals surface area (Å²) in [6.45, 7) is 0. The van der Waals surface area contributed by atoms with Crippen molar-refractivity contribution in [3.63, 3.8) is 0 Å². The van der Waals surface area contributed by atoms with Crippen LogP contribution in [0.15, 0.2) is 42.5 Å². The van der Waals surface area contributed by atoms with Crippen LogP contribution in [0.3, 0.4) is 0 Å². The van der Waals surface area contributed by atoms with Crippen LogP contribution in [-0.2, 0) is 9.59 Å². The summed E-state index contributed by atoms with van der Waals surface area (Å²) in [5.74, 6) is -0.954. The Morgan fingerprint density at radius 2 is 1.74 bits per heavy atom. The third-order valence-corrected chi connectivity index (χ3v) is 3.92. The monoisotopic (exact) mass is 367 g/mol. The molecule has 3 amide bonds. The predicted molar refractivity (Wildman–Crippen MR) is 97.8 cm³/mol. The minimum atomic E-state index is -0.624. The Morgan fingerprint density at radius 3 is 2.41 bits per heavy atom. The van der Waals surface area contributed by atoms with E-state index < -0.39 is 11.8 Å². The minimum absolute atomic E-state index is 0.0480. The van der Waals surface area contributed by atoms with E-state index in [1.165, 1.54) is 5.48 Å². The average Bonchev–Trinajstić information content (AvgIpc) is 3.10. The molecule has 2 aromatic carbocycles. The molecule has 0 saturated carbocycles. The van der Waals surface area contributed by atoms with E-state index in [0.717, 1.165) is 5.56 Å². The lowest BCUT2D eigenvalue weighted by atomic mass is 10.2. The number of nitrogens with one attached hydrogen (secondary N) is 3. The van der Waals surface area contributed by atoms with Crippen LogP contribution < -0.4 is 16.5 Å². The zero-order valence-electron chi connectivity index (χ0n) is 14.2. The smallest absolute Gasteiger partial charge is 0.250 e. The van der Waals surface area contributed by atoms with Gasteiger partial charge in [-0.05, 0) is 36.4 Å². The average molecular weight is 367 g/mol. The van der Waals surface area contributed by atoms with Crippen LogP contribution in [0, 0.1) is 0 Å². The summed E-state index contributed by atoms with van der Waals surface area (Å²) in [6.07, 6.45) is -0.158. The van der Waals surface area contributed by atoms with Gasteiger partial charge in [-0.3, -0.25) is 19.6 Å². The Labute approximate surface area is 153 Å². The summed E-state index contributed by atoms with van der Waals surface area (Å²) in [4.78, 5) is 41.8. The number of fused-ring (bicyclic) bond motifs is 1. The molecule has 1 heterocycles. The molecule has 0 unspecified atom stereocenters. The maximum Gasteiger partial charge on any atom is 0.250 e. The van der Waals surface area contributed by atoms with Crippen LogP contribution in [0.5, 0.6) is 0 Å². The van der Waals surface area contributed by atoms with Gasteiger partial charge in [0.25, 0.3) is 5.91 Å². The van der Waals surface area contributed by atoms with Gasteiger partial charge >= 0.3 is 0 Å². The first-order chi connectivity index (χ1) is 13.0. The molecule has 0 saturated heterocycles. The second-order valence-corrected chi connectivity index (χ2v) is 5.81. The number of carbonyl (C=O) groups is 3. The van der Waals surface area contributed by atoms with Crippen LogP contribution in [0.25, 0.3) is 22.4 Å². The maximum absolute atomic E-state index is 11.8. The Bertz CT molecular complexity index is 1010. The number of para-hydroxylation sites is 1. The molecule has 1 aromatic heterocycles. The fraction of sp³-hybridized carbons (Fsp3) is 0.111. The highest BCUT2D eigenvalue weighted by Gasteiger charge is 2.12. The fourth-order valence-corrected chi connectivity index (χ4v) is 2.59. The normalized spacial score (nSPS) is 10.6. The number of H-pyrrole nitrogens is 1. The van der Waals surface area contributed by atoms with Crippen molar-refractivity contribution >= 4 is 34.4 Å². The van der Waals surface area contributed by atoms with Gasteiger partial charge in [-0.25, -0.2) is 10.5 Å². The third-order valence-electron chi connectivity index (χ3n) is 3.92. The number of amides is 3. The van der Waals surface area contributed by atoms with Crippen LogP contribution in [-0.4, -0.2) is 32.9 Å². The quantitative estimate of drug-likeness (QED) is 0.331. The summed E-state index contributed by atoms with van der Waals surface area (Å²) >= 11 is 0. The molecule has 0 bridgehead atoms. The highest BCUT2D eigenvalue weighted by Crippen LogP contribution is 2.24. The van der Waals surface area contributed by atoms with E-state index >= 15 is 0 Å². The highest BCUT2D eigenvalue weighted by atomic mass is 16.5. The lowest BCUT2D eigenvalue weighted by Gasteiger charge is -2.05. The van der Waals surface area contributed by atoms with Crippen LogP contribution in [0.1, 0.15) is 23.2 Å². The first-order valence-corrected chi connectivity index (χ1v) is 8.09. The van der Waals surface area contributed by atoms with Gasteiger partial charge in [0.15, 0.2) is 0 Å². The number of benzene rings is 2. The molecule has 0 fully saturated rings. The van der Waals surface area contributed by atoms with E-state index in [1.807, 2.05) is 0 Å². The van der Waals surface area contributed by atoms with Gasteiger partial charge < -0.3 is 16.0 Å². The van der Waals surface area contributed by atoms with Crippen molar-refractivity contribution in [2.75, 3.05) is 5.32 Å². The Balaban J connectivity index is 1.75. The standard InChI is InChI=1S/C18H17N5O4/c19-17(26)12-2-1-3-13-16(12)22-18(21-13)10-4-6-11(7-5-10)20-14(24)8-9-15(25)23-27/h1-7,27H,8-9H2,(H2,19,26)(H,20,24)(H,21,22)(H,23,25). The summed E-state index contributed by atoms with van der Waals surface area (Å²) < 4.78 is 0. The van der Waals surface area contributed by atoms with Gasteiger partial charge in [-0.1, -0.05) is 6.07 Å². The number of aromatic nitrogens is 2. The number of hydrogen-bond acceptors (Lipinski definition) is 5.